The van der Waals surface area contributed by atoms with Gasteiger partial charge in [0.1, 0.15) is 0 Å². The molecule has 108 valence electrons. The molecule has 0 aliphatic carbocycles. The number of hydrogen-bond donors (Lipinski definition) is 1. The minimum Gasteiger partial charge on any atom is -0.313 e. The molecule has 0 fully saturated rings. The highest BCUT2D eigenvalue weighted by molar-refractivity contribution is 9.10. The molecule has 1 atom stereocenters. The molecule has 1 unspecified atom stereocenters. The minimum absolute atomic E-state index is 0.303. The molecular formula is C16H22BrN3. The number of rotatable bonds is 5. The van der Waals surface area contributed by atoms with E-state index >= 15 is 0 Å². The average molecular weight is 336 g/mol. The lowest BCUT2D eigenvalue weighted by atomic mass is 9.95. The highest BCUT2D eigenvalue weighted by atomic mass is 79.9. The molecule has 0 aliphatic heterocycles. The van der Waals surface area contributed by atoms with E-state index in [1.165, 1.54) is 16.8 Å². The molecule has 2 aromatic rings. The van der Waals surface area contributed by atoms with Gasteiger partial charge in [-0.25, -0.2) is 0 Å². The Hall–Kier alpha value is -1.13. The van der Waals surface area contributed by atoms with Crippen LogP contribution in [0.4, 0.5) is 0 Å². The van der Waals surface area contributed by atoms with Crippen LogP contribution in [0.5, 0.6) is 0 Å². The number of hydrogen-bond acceptors (Lipinski definition) is 2. The Morgan fingerprint density at radius 1 is 1.35 bits per heavy atom. The summed E-state index contributed by atoms with van der Waals surface area (Å²) in [7, 11) is 4.03. The smallest absolute Gasteiger partial charge is 0.0738 e. The number of nitrogens with zero attached hydrogens (tertiary/aromatic N) is 2. The molecule has 0 saturated carbocycles. The molecular weight excluding hydrogens is 314 g/mol. The molecule has 0 bridgehead atoms. The van der Waals surface area contributed by atoms with Crippen molar-refractivity contribution in [1.29, 1.82) is 0 Å². The second-order valence-corrected chi connectivity index (χ2v) is 5.86. The fourth-order valence-corrected chi connectivity index (χ4v) is 3.16. The summed E-state index contributed by atoms with van der Waals surface area (Å²) in [5, 5.41) is 7.92. The van der Waals surface area contributed by atoms with Gasteiger partial charge in [0, 0.05) is 19.5 Å². The quantitative estimate of drug-likeness (QED) is 0.905. The lowest BCUT2D eigenvalue weighted by Gasteiger charge is -2.20. The van der Waals surface area contributed by atoms with E-state index in [2.05, 4.69) is 57.5 Å². The van der Waals surface area contributed by atoms with Crippen LogP contribution in [-0.4, -0.2) is 16.8 Å². The van der Waals surface area contributed by atoms with E-state index in [1.54, 1.807) is 0 Å². The zero-order valence-electron chi connectivity index (χ0n) is 12.6. The van der Waals surface area contributed by atoms with Gasteiger partial charge in [-0.15, -0.1) is 0 Å². The molecule has 20 heavy (non-hydrogen) atoms. The standard InChI is InChI=1S/C16H22BrN3/c1-5-12-8-6-7-9-13(12)14(18-3)10-15-16(17)11(2)19-20(15)4/h6-9,14,18H,5,10H2,1-4H3. The Labute approximate surface area is 129 Å². The van der Waals surface area contributed by atoms with Gasteiger partial charge in [0.05, 0.1) is 15.9 Å². The summed E-state index contributed by atoms with van der Waals surface area (Å²) >= 11 is 3.66. The highest BCUT2D eigenvalue weighted by Gasteiger charge is 2.18. The minimum atomic E-state index is 0.303. The van der Waals surface area contributed by atoms with Gasteiger partial charge in [0.25, 0.3) is 0 Å². The molecule has 0 saturated heterocycles. The van der Waals surface area contributed by atoms with E-state index in [4.69, 9.17) is 0 Å². The fourth-order valence-electron chi connectivity index (χ4n) is 2.66. The third-order valence-corrected chi connectivity index (χ3v) is 4.85. The fraction of sp³-hybridized carbons (Fsp3) is 0.438. The Bertz CT molecular complexity index is 589. The highest BCUT2D eigenvalue weighted by Crippen LogP contribution is 2.27. The number of aryl methyl sites for hydroxylation is 3. The van der Waals surface area contributed by atoms with Gasteiger partial charge in [-0.2, -0.15) is 5.10 Å². The number of aromatic nitrogens is 2. The monoisotopic (exact) mass is 335 g/mol. The third-order valence-electron chi connectivity index (χ3n) is 3.82. The van der Waals surface area contributed by atoms with Gasteiger partial charge in [-0.05, 0) is 47.4 Å². The first-order chi connectivity index (χ1) is 9.58. The number of likely N-dealkylation sites (N-methyl/N-ethyl adjacent to an activating group) is 1. The third kappa shape index (κ3) is 2.96. The summed E-state index contributed by atoms with van der Waals surface area (Å²) in [4.78, 5) is 0. The van der Waals surface area contributed by atoms with Crippen LogP contribution in [0.15, 0.2) is 28.7 Å². The van der Waals surface area contributed by atoms with Gasteiger partial charge >= 0.3 is 0 Å². The number of benzene rings is 1. The van der Waals surface area contributed by atoms with E-state index in [9.17, 15) is 0 Å². The van der Waals surface area contributed by atoms with Crippen LogP contribution < -0.4 is 5.32 Å². The van der Waals surface area contributed by atoms with Crippen molar-refractivity contribution in [2.45, 2.75) is 32.7 Å². The van der Waals surface area contributed by atoms with Gasteiger partial charge in [0.2, 0.25) is 0 Å². The van der Waals surface area contributed by atoms with E-state index in [1.807, 2.05) is 25.7 Å². The average Bonchev–Trinajstić information content (AvgIpc) is 2.70. The Kier molecular flexibility index (Phi) is 5.00. The summed E-state index contributed by atoms with van der Waals surface area (Å²) in [6, 6.07) is 8.96. The van der Waals surface area contributed by atoms with Crippen LogP contribution in [0.25, 0.3) is 0 Å². The second kappa shape index (κ2) is 6.55. The topological polar surface area (TPSA) is 29.9 Å². The summed E-state index contributed by atoms with van der Waals surface area (Å²) in [6.07, 6.45) is 1.98. The number of halogens is 1. The maximum Gasteiger partial charge on any atom is 0.0738 e. The summed E-state index contributed by atoms with van der Waals surface area (Å²) in [5.74, 6) is 0. The molecule has 4 heteroatoms. The van der Waals surface area contributed by atoms with Crippen molar-refractivity contribution in [3.63, 3.8) is 0 Å². The van der Waals surface area contributed by atoms with Crippen molar-refractivity contribution in [3.05, 3.63) is 51.3 Å². The molecule has 3 nitrogen and oxygen atoms in total. The second-order valence-electron chi connectivity index (χ2n) is 5.07. The van der Waals surface area contributed by atoms with E-state index < -0.39 is 0 Å². The zero-order chi connectivity index (χ0) is 14.7. The first-order valence-corrected chi connectivity index (χ1v) is 7.80. The first kappa shape index (κ1) is 15.3. The maximum atomic E-state index is 4.48. The molecule has 2 rings (SSSR count). The van der Waals surface area contributed by atoms with Crippen LogP contribution >= 0.6 is 15.9 Å². The molecule has 1 heterocycles. The van der Waals surface area contributed by atoms with E-state index in [-0.39, 0.29) is 0 Å². The zero-order valence-corrected chi connectivity index (χ0v) is 14.2. The first-order valence-electron chi connectivity index (χ1n) is 7.01. The van der Waals surface area contributed by atoms with E-state index in [0.717, 1.165) is 23.0 Å². The van der Waals surface area contributed by atoms with Crippen LogP contribution in [0.1, 0.15) is 35.5 Å². The molecule has 0 spiro atoms. The molecule has 1 aromatic carbocycles. The Balaban J connectivity index is 2.34. The SMILES string of the molecule is CCc1ccccc1C(Cc1c(Br)c(C)nn1C)NC. The molecule has 1 N–H and O–H groups in total. The lowest BCUT2D eigenvalue weighted by molar-refractivity contribution is 0.556. The van der Waals surface area contributed by atoms with Crippen LogP contribution in [0.2, 0.25) is 0 Å². The van der Waals surface area contributed by atoms with Crippen LogP contribution in [0.3, 0.4) is 0 Å². The summed E-state index contributed by atoms with van der Waals surface area (Å²) in [5.41, 5.74) is 5.05. The Morgan fingerprint density at radius 2 is 2.05 bits per heavy atom. The summed E-state index contributed by atoms with van der Waals surface area (Å²) < 4.78 is 3.09. The Morgan fingerprint density at radius 3 is 2.60 bits per heavy atom. The predicted octanol–water partition coefficient (Wildman–Crippen LogP) is 3.56. The van der Waals surface area contributed by atoms with E-state index in [0.29, 0.717) is 6.04 Å². The van der Waals surface area contributed by atoms with Crippen molar-refractivity contribution in [2.24, 2.45) is 7.05 Å². The van der Waals surface area contributed by atoms with Crippen molar-refractivity contribution < 1.29 is 0 Å². The largest absolute Gasteiger partial charge is 0.313 e. The van der Waals surface area contributed by atoms with Crippen molar-refractivity contribution in [3.8, 4) is 0 Å². The van der Waals surface area contributed by atoms with Gasteiger partial charge in [0.15, 0.2) is 0 Å². The molecule has 0 radical (unpaired) electrons. The predicted molar refractivity (Wildman–Crippen MR) is 87.0 cm³/mol. The van der Waals surface area contributed by atoms with Crippen molar-refractivity contribution in [2.75, 3.05) is 7.05 Å². The molecule has 0 amide bonds. The lowest BCUT2D eigenvalue weighted by Crippen LogP contribution is -2.21. The number of nitrogens with one attached hydrogen (secondary N) is 1. The van der Waals surface area contributed by atoms with Gasteiger partial charge in [-0.3, -0.25) is 4.68 Å². The van der Waals surface area contributed by atoms with Gasteiger partial charge < -0.3 is 5.32 Å². The van der Waals surface area contributed by atoms with Gasteiger partial charge in [-0.1, -0.05) is 31.2 Å². The maximum absolute atomic E-state index is 4.48. The molecule has 1 aromatic heterocycles. The van der Waals surface area contributed by atoms with Crippen LogP contribution in [0, 0.1) is 6.92 Å². The summed E-state index contributed by atoms with van der Waals surface area (Å²) in [6.45, 7) is 4.23. The van der Waals surface area contributed by atoms with Crippen LogP contribution in [-0.2, 0) is 19.9 Å². The molecule has 0 aliphatic rings. The van der Waals surface area contributed by atoms with Crippen molar-refractivity contribution >= 4 is 15.9 Å². The van der Waals surface area contributed by atoms with Crippen molar-refractivity contribution in [1.82, 2.24) is 15.1 Å². The normalized spacial score (nSPS) is 12.7.